The van der Waals surface area contributed by atoms with Crippen molar-refractivity contribution in [1.82, 2.24) is 9.97 Å². The van der Waals surface area contributed by atoms with E-state index in [9.17, 15) is 4.79 Å². The fourth-order valence-corrected chi connectivity index (χ4v) is 3.55. The molecule has 0 saturated heterocycles. The van der Waals surface area contributed by atoms with Crippen molar-refractivity contribution < 1.29 is 9.53 Å². The van der Waals surface area contributed by atoms with Crippen LogP contribution in [0.5, 0.6) is 0 Å². The van der Waals surface area contributed by atoms with Crippen LogP contribution in [0.4, 0.5) is 5.82 Å². The van der Waals surface area contributed by atoms with Gasteiger partial charge in [0.05, 0.1) is 23.2 Å². The molecule has 0 aliphatic carbocycles. The van der Waals surface area contributed by atoms with Gasteiger partial charge in [-0.3, -0.25) is 0 Å². The Labute approximate surface area is 150 Å². The number of methoxy groups -OCH3 is 1. The summed E-state index contributed by atoms with van der Waals surface area (Å²) in [6.07, 6.45) is 1.83. The Morgan fingerprint density at radius 2 is 1.96 bits per heavy atom. The van der Waals surface area contributed by atoms with E-state index in [1.807, 2.05) is 37.4 Å². The SMILES string of the molecule is COC(=O)c1ccc(C(C)c2ncc(-c3cc(C)cc(N)n3)s2)cc1. The van der Waals surface area contributed by atoms with Gasteiger partial charge in [-0.25, -0.2) is 14.8 Å². The molecule has 1 atom stereocenters. The molecule has 0 radical (unpaired) electrons. The number of aryl methyl sites for hydroxylation is 1. The number of hydrogen-bond donors (Lipinski definition) is 1. The number of hydrogen-bond acceptors (Lipinski definition) is 6. The third-order valence-corrected chi connectivity index (χ3v) is 5.17. The number of carbonyl (C=O) groups is 1. The Morgan fingerprint density at radius 1 is 1.24 bits per heavy atom. The molecule has 0 fully saturated rings. The first-order valence-electron chi connectivity index (χ1n) is 7.86. The molecule has 2 aromatic heterocycles. The monoisotopic (exact) mass is 353 g/mol. The Balaban J connectivity index is 1.85. The average Bonchev–Trinajstić information content (AvgIpc) is 3.10. The van der Waals surface area contributed by atoms with Crippen molar-refractivity contribution in [2.45, 2.75) is 19.8 Å². The number of esters is 1. The summed E-state index contributed by atoms with van der Waals surface area (Å²) in [6.45, 7) is 4.09. The lowest BCUT2D eigenvalue weighted by Crippen LogP contribution is -2.02. The van der Waals surface area contributed by atoms with Gasteiger partial charge in [0.2, 0.25) is 0 Å². The minimum Gasteiger partial charge on any atom is -0.465 e. The molecule has 2 N–H and O–H groups in total. The highest BCUT2D eigenvalue weighted by atomic mass is 32.1. The maximum absolute atomic E-state index is 11.5. The van der Waals surface area contributed by atoms with Crippen LogP contribution in [-0.2, 0) is 4.74 Å². The molecule has 1 unspecified atom stereocenters. The second-order valence-electron chi connectivity index (χ2n) is 5.85. The average molecular weight is 353 g/mol. The second kappa shape index (κ2) is 7.03. The second-order valence-corrected chi connectivity index (χ2v) is 6.91. The number of benzene rings is 1. The molecule has 6 heteroatoms. The standard InChI is InChI=1S/C19H19N3O2S/c1-11-8-15(22-17(20)9-11)16-10-21-18(25-16)12(2)13-4-6-14(7-5-13)19(23)24-3/h4-10,12H,1-3H3,(H2,20,22). The fraction of sp³-hybridized carbons (Fsp3) is 0.211. The summed E-state index contributed by atoms with van der Waals surface area (Å²) in [7, 11) is 1.38. The number of anilines is 1. The molecular formula is C19H19N3O2S. The molecule has 0 amide bonds. The van der Waals surface area contributed by atoms with Gasteiger partial charge in [0.15, 0.2) is 0 Å². The van der Waals surface area contributed by atoms with E-state index in [1.54, 1.807) is 23.5 Å². The van der Waals surface area contributed by atoms with Gasteiger partial charge in [-0.1, -0.05) is 19.1 Å². The van der Waals surface area contributed by atoms with Crippen molar-refractivity contribution in [2.24, 2.45) is 0 Å². The van der Waals surface area contributed by atoms with Gasteiger partial charge in [0, 0.05) is 12.1 Å². The number of rotatable bonds is 4. The fourth-order valence-electron chi connectivity index (χ4n) is 2.59. The zero-order valence-corrected chi connectivity index (χ0v) is 15.1. The third kappa shape index (κ3) is 3.69. The summed E-state index contributed by atoms with van der Waals surface area (Å²) in [4.78, 5) is 21.5. The Hall–Kier alpha value is -2.73. The first kappa shape index (κ1) is 17.1. The molecule has 25 heavy (non-hydrogen) atoms. The van der Waals surface area contributed by atoms with Gasteiger partial charge >= 0.3 is 5.97 Å². The number of thiazole rings is 1. The smallest absolute Gasteiger partial charge is 0.337 e. The zero-order valence-electron chi connectivity index (χ0n) is 14.3. The topological polar surface area (TPSA) is 78.1 Å². The Bertz CT molecular complexity index is 883. The highest BCUT2D eigenvalue weighted by molar-refractivity contribution is 7.15. The zero-order chi connectivity index (χ0) is 18.0. The number of nitrogen functional groups attached to an aromatic ring is 1. The van der Waals surface area contributed by atoms with Crippen molar-refractivity contribution in [3.63, 3.8) is 0 Å². The Morgan fingerprint density at radius 3 is 2.60 bits per heavy atom. The highest BCUT2D eigenvalue weighted by Crippen LogP contribution is 2.33. The third-order valence-electron chi connectivity index (χ3n) is 3.97. The van der Waals surface area contributed by atoms with E-state index in [0.717, 1.165) is 26.7 Å². The molecule has 3 rings (SSSR count). The normalized spacial score (nSPS) is 12.0. The number of pyridine rings is 1. The highest BCUT2D eigenvalue weighted by Gasteiger charge is 2.15. The van der Waals surface area contributed by atoms with Crippen LogP contribution in [0.3, 0.4) is 0 Å². The van der Waals surface area contributed by atoms with Gasteiger partial charge < -0.3 is 10.5 Å². The minimum absolute atomic E-state index is 0.118. The lowest BCUT2D eigenvalue weighted by atomic mass is 10.0. The van der Waals surface area contributed by atoms with Crippen LogP contribution in [0.1, 0.15) is 39.3 Å². The van der Waals surface area contributed by atoms with E-state index in [2.05, 4.69) is 16.9 Å². The van der Waals surface area contributed by atoms with Gasteiger partial charge in [-0.15, -0.1) is 11.3 Å². The number of aromatic nitrogens is 2. The lowest BCUT2D eigenvalue weighted by molar-refractivity contribution is 0.0600. The van der Waals surface area contributed by atoms with Crippen LogP contribution in [0.2, 0.25) is 0 Å². The van der Waals surface area contributed by atoms with Crippen LogP contribution < -0.4 is 5.73 Å². The van der Waals surface area contributed by atoms with Crippen molar-refractivity contribution in [3.05, 3.63) is 64.3 Å². The number of nitrogens with two attached hydrogens (primary N) is 1. The van der Waals surface area contributed by atoms with Gasteiger partial charge in [0.1, 0.15) is 10.8 Å². The predicted molar refractivity (Wildman–Crippen MR) is 99.8 cm³/mol. The maximum atomic E-state index is 11.5. The van der Waals surface area contributed by atoms with Crippen molar-refractivity contribution in [3.8, 4) is 10.6 Å². The molecule has 1 aromatic carbocycles. The molecule has 3 aromatic rings. The van der Waals surface area contributed by atoms with E-state index >= 15 is 0 Å². The summed E-state index contributed by atoms with van der Waals surface area (Å²) < 4.78 is 4.73. The first-order chi connectivity index (χ1) is 12.0. The maximum Gasteiger partial charge on any atom is 0.337 e. The summed E-state index contributed by atoms with van der Waals surface area (Å²) in [5, 5.41) is 0.989. The number of nitrogens with zero attached hydrogens (tertiary/aromatic N) is 2. The molecule has 0 aliphatic heterocycles. The summed E-state index contributed by atoms with van der Waals surface area (Å²) in [5.74, 6) is 0.294. The number of ether oxygens (including phenoxy) is 1. The summed E-state index contributed by atoms with van der Waals surface area (Å²) in [6, 6.07) is 11.3. The predicted octanol–water partition coefficient (Wildman–Crippen LogP) is 4.03. The quantitative estimate of drug-likeness (QED) is 0.716. The van der Waals surface area contributed by atoms with E-state index in [-0.39, 0.29) is 11.9 Å². The Kier molecular flexibility index (Phi) is 4.81. The first-order valence-corrected chi connectivity index (χ1v) is 8.68. The molecule has 5 nitrogen and oxygen atoms in total. The molecule has 0 spiro atoms. The molecule has 0 bridgehead atoms. The molecule has 128 valence electrons. The van der Waals surface area contributed by atoms with Gasteiger partial charge in [0.25, 0.3) is 0 Å². The molecule has 0 saturated carbocycles. The van der Waals surface area contributed by atoms with Crippen LogP contribution in [0, 0.1) is 6.92 Å². The van der Waals surface area contributed by atoms with Gasteiger partial charge in [-0.05, 0) is 42.3 Å². The van der Waals surface area contributed by atoms with Crippen LogP contribution in [0.15, 0.2) is 42.6 Å². The van der Waals surface area contributed by atoms with E-state index < -0.39 is 0 Å². The molecular weight excluding hydrogens is 334 g/mol. The van der Waals surface area contributed by atoms with Crippen LogP contribution in [-0.4, -0.2) is 23.0 Å². The van der Waals surface area contributed by atoms with Crippen LogP contribution in [0.25, 0.3) is 10.6 Å². The van der Waals surface area contributed by atoms with E-state index in [1.165, 1.54) is 7.11 Å². The van der Waals surface area contributed by atoms with Crippen molar-refractivity contribution in [1.29, 1.82) is 0 Å². The van der Waals surface area contributed by atoms with Crippen molar-refractivity contribution in [2.75, 3.05) is 12.8 Å². The largest absolute Gasteiger partial charge is 0.465 e. The lowest BCUT2D eigenvalue weighted by Gasteiger charge is -2.09. The minimum atomic E-state index is -0.334. The van der Waals surface area contributed by atoms with Gasteiger partial charge in [-0.2, -0.15) is 0 Å². The number of carbonyl (C=O) groups excluding carboxylic acids is 1. The summed E-state index contributed by atoms with van der Waals surface area (Å²) >= 11 is 1.60. The van der Waals surface area contributed by atoms with Crippen molar-refractivity contribution >= 4 is 23.1 Å². The van der Waals surface area contributed by atoms with E-state index in [0.29, 0.717) is 11.4 Å². The molecule has 0 aliphatic rings. The van der Waals surface area contributed by atoms with Crippen LogP contribution >= 0.6 is 11.3 Å². The molecule has 2 heterocycles. The summed E-state index contributed by atoms with van der Waals surface area (Å²) in [5.41, 5.74) is 9.38. The van der Waals surface area contributed by atoms with E-state index in [4.69, 9.17) is 10.5 Å².